The Kier molecular flexibility index (Phi) is 4.79. The Morgan fingerprint density at radius 3 is 2.40 bits per heavy atom. The van der Waals surface area contributed by atoms with E-state index in [1.807, 2.05) is 59.1 Å². The molecular formula is C19H23N3O3. The maximum absolute atomic E-state index is 13.0. The summed E-state index contributed by atoms with van der Waals surface area (Å²) in [5, 5.41) is 0. The quantitative estimate of drug-likeness (QED) is 0.859. The van der Waals surface area contributed by atoms with Gasteiger partial charge in [-0.05, 0) is 29.8 Å². The molecule has 3 rings (SSSR count). The molecule has 0 unspecified atom stereocenters. The predicted molar refractivity (Wildman–Crippen MR) is 94.4 cm³/mol. The first-order chi connectivity index (χ1) is 12.0. The van der Waals surface area contributed by atoms with Gasteiger partial charge in [0.2, 0.25) is 5.91 Å². The molecule has 0 radical (unpaired) electrons. The van der Waals surface area contributed by atoms with Gasteiger partial charge in [0.05, 0.1) is 13.2 Å². The second-order valence-corrected chi connectivity index (χ2v) is 6.26. The van der Waals surface area contributed by atoms with Crippen LogP contribution in [0, 0.1) is 0 Å². The lowest BCUT2D eigenvalue weighted by Crippen LogP contribution is -2.52. The van der Waals surface area contributed by atoms with Crippen molar-refractivity contribution in [2.45, 2.75) is 13.0 Å². The van der Waals surface area contributed by atoms with Crippen molar-refractivity contribution in [1.82, 2.24) is 14.4 Å². The monoisotopic (exact) mass is 341 g/mol. The number of methoxy groups -OCH3 is 1. The topological polar surface area (TPSA) is 54.8 Å². The first-order valence-corrected chi connectivity index (χ1v) is 8.33. The molecule has 6 nitrogen and oxygen atoms in total. The fourth-order valence-electron chi connectivity index (χ4n) is 3.25. The third-order valence-corrected chi connectivity index (χ3v) is 4.75. The molecule has 1 saturated heterocycles. The van der Waals surface area contributed by atoms with E-state index in [9.17, 15) is 9.59 Å². The van der Waals surface area contributed by atoms with Crippen LogP contribution in [0.4, 0.5) is 0 Å². The summed E-state index contributed by atoms with van der Waals surface area (Å²) in [5.41, 5.74) is 1.64. The Morgan fingerprint density at radius 2 is 1.84 bits per heavy atom. The van der Waals surface area contributed by atoms with E-state index in [0.29, 0.717) is 25.3 Å². The van der Waals surface area contributed by atoms with Crippen LogP contribution in [-0.4, -0.2) is 52.9 Å². The average Bonchev–Trinajstić information content (AvgIpc) is 3.06. The van der Waals surface area contributed by atoms with Gasteiger partial charge in [-0.1, -0.05) is 12.1 Å². The summed E-state index contributed by atoms with van der Waals surface area (Å²) in [6, 6.07) is 11.2. The Bertz CT molecular complexity index is 766. The van der Waals surface area contributed by atoms with Gasteiger partial charge in [-0.25, -0.2) is 0 Å². The predicted octanol–water partition coefficient (Wildman–Crippen LogP) is 2.08. The standard InChI is InChI=1S/C19H23N3O3/c1-14(23)21-11-12-22(19(24)17-5-4-10-20(17)2)18(13-21)15-6-8-16(25-3)9-7-15/h4-10,18H,11-13H2,1-3H3/t18-/m0/s1. The van der Waals surface area contributed by atoms with E-state index < -0.39 is 0 Å². The number of carbonyl (C=O) groups is 2. The van der Waals surface area contributed by atoms with Gasteiger partial charge >= 0.3 is 0 Å². The third kappa shape index (κ3) is 3.38. The molecule has 1 aromatic heterocycles. The highest BCUT2D eigenvalue weighted by Crippen LogP contribution is 2.28. The lowest BCUT2D eigenvalue weighted by atomic mass is 10.0. The number of aromatic nitrogens is 1. The van der Waals surface area contributed by atoms with Gasteiger partial charge in [0, 0.05) is 39.8 Å². The van der Waals surface area contributed by atoms with Gasteiger partial charge in [-0.15, -0.1) is 0 Å². The smallest absolute Gasteiger partial charge is 0.271 e. The number of rotatable bonds is 3. The molecule has 132 valence electrons. The lowest BCUT2D eigenvalue weighted by Gasteiger charge is -2.41. The first kappa shape index (κ1) is 17.1. The number of nitrogens with zero attached hydrogens (tertiary/aromatic N) is 3. The highest BCUT2D eigenvalue weighted by Gasteiger charge is 2.33. The molecule has 0 N–H and O–H groups in total. The van der Waals surface area contributed by atoms with Crippen LogP contribution in [0.3, 0.4) is 0 Å². The van der Waals surface area contributed by atoms with Crippen LogP contribution in [0.25, 0.3) is 0 Å². The van der Waals surface area contributed by atoms with Gasteiger partial charge < -0.3 is 19.1 Å². The summed E-state index contributed by atoms with van der Waals surface area (Å²) in [7, 11) is 3.49. The lowest BCUT2D eigenvalue weighted by molar-refractivity contribution is -0.131. The molecule has 1 aliphatic heterocycles. The second kappa shape index (κ2) is 7.01. The zero-order valence-corrected chi connectivity index (χ0v) is 14.8. The maximum atomic E-state index is 13.0. The molecule has 1 aliphatic rings. The van der Waals surface area contributed by atoms with Crippen LogP contribution >= 0.6 is 0 Å². The van der Waals surface area contributed by atoms with E-state index in [4.69, 9.17) is 4.74 Å². The zero-order chi connectivity index (χ0) is 18.0. The van der Waals surface area contributed by atoms with Crippen LogP contribution in [0.1, 0.15) is 29.0 Å². The number of ether oxygens (including phenoxy) is 1. The molecule has 2 heterocycles. The van der Waals surface area contributed by atoms with Crippen LogP contribution in [0.2, 0.25) is 0 Å². The van der Waals surface area contributed by atoms with Gasteiger partial charge in [-0.2, -0.15) is 0 Å². The summed E-state index contributed by atoms with van der Waals surface area (Å²) in [6.45, 7) is 3.13. The minimum absolute atomic E-state index is 0.0171. The van der Waals surface area contributed by atoms with Crippen molar-refractivity contribution in [3.63, 3.8) is 0 Å². The van der Waals surface area contributed by atoms with E-state index in [0.717, 1.165) is 11.3 Å². The molecule has 0 bridgehead atoms. The first-order valence-electron chi connectivity index (χ1n) is 8.33. The van der Waals surface area contributed by atoms with Crippen molar-refractivity contribution >= 4 is 11.8 Å². The Labute approximate surface area is 147 Å². The molecule has 1 aromatic carbocycles. The summed E-state index contributed by atoms with van der Waals surface area (Å²) in [4.78, 5) is 28.5. The highest BCUT2D eigenvalue weighted by molar-refractivity contribution is 5.93. The van der Waals surface area contributed by atoms with Gasteiger partial charge in [-0.3, -0.25) is 9.59 Å². The Morgan fingerprint density at radius 1 is 1.12 bits per heavy atom. The zero-order valence-electron chi connectivity index (χ0n) is 14.8. The van der Waals surface area contributed by atoms with E-state index in [-0.39, 0.29) is 17.9 Å². The highest BCUT2D eigenvalue weighted by atomic mass is 16.5. The van der Waals surface area contributed by atoms with Crippen molar-refractivity contribution in [3.05, 3.63) is 53.9 Å². The van der Waals surface area contributed by atoms with E-state index in [1.165, 1.54) is 0 Å². The number of hydrogen-bond acceptors (Lipinski definition) is 3. The van der Waals surface area contributed by atoms with Crippen molar-refractivity contribution in [2.24, 2.45) is 7.05 Å². The number of carbonyl (C=O) groups excluding carboxylic acids is 2. The molecular weight excluding hydrogens is 318 g/mol. The molecule has 1 fully saturated rings. The Hall–Kier alpha value is -2.76. The van der Waals surface area contributed by atoms with E-state index in [2.05, 4.69) is 0 Å². The summed E-state index contributed by atoms with van der Waals surface area (Å²) in [5.74, 6) is 0.782. The van der Waals surface area contributed by atoms with Crippen molar-refractivity contribution in [1.29, 1.82) is 0 Å². The van der Waals surface area contributed by atoms with E-state index in [1.54, 1.807) is 18.9 Å². The van der Waals surface area contributed by atoms with Gasteiger partial charge in [0.15, 0.2) is 0 Å². The maximum Gasteiger partial charge on any atom is 0.271 e. The normalized spacial score (nSPS) is 17.5. The number of piperazine rings is 1. The number of hydrogen-bond donors (Lipinski definition) is 0. The fraction of sp³-hybridized carbons (Fsp3) is 0.368. The molecule has 6 heteroatoms. The van der Waals surface area contributed by atoms with Gasteiger partial charge in [0.1, 0.15) is 11.4 Å². The Balaban J connectivity index is 1.92. The average molecular weight is 341 g/mol. The minimum atomic E-state index is -0.175. The molecule has 0 aliphatic carbocycles. The van der Waals surface area contributed by atoms with Crippen molar-refractivity contribution < 1.29 is 14.3 Å². The summed E-state index contributed by atoms with van der Waals surface area (Å²) >= 11 is 0. The van der Waals surface area contributed by atoms with Crippen LogP contribution in [-0.2, 0) is 11.8 Å². The minimum Gasteiger partial charge on any atom is -0.497 e. The van der Waals surface area contributed by atoms with Crippen LogP contribution in [0.15, 0.2) is 42.6 Å². The molecule has 25 heavy (non-hydrogen) atoms. The SMILES string of the molecule is COc1ccc([C@@H]2CN(C(C)=O)CCN2C(=O)c2cccn2C)cc1. The molecule has 2 amide bonds. The number of benzene rings is 1. The van der Waals surface area contributed by atoms with Crippen molar-refractivity contribution in [2.75, 3.05) is 26.7 Å². The molecule has 2 aromatic rings. The van der Waals surface area contributed by atoms with Crippen molar-refractivity contribution in [3.8, 4) is 5.75 Å². The van der Waals surface area contributed by atoms with Gasteiger partial charge in [0.25, 0.3) is 5.91 Å². The number of aryl methyl sites for hydroxylation is 1. The third-order valence-electron chi connectivity index (χ3n) is 4.75. The number of amides is 2. The van der Waals surface area contributed by atoms with Crippen LogP contribution in [0.5, 0.6) is 5.75 Å². The van der Waals surface area contributed by atoms with E-state index >= 15 is 0 Å². The molecule has 0 saturated carbocycles. The fourth-order valence-corrected chi connectivity index (χ4v) is 3.25. The largest absolute Gasteiger partial charge is 0.497 e. The molecule has 0 spiro atoms. The van der Waals surface area contributed by atoms with Crippen LogP contribution < -0.4 is 4.74 Å². The summed E-state index contributed by atoms with van der Waals surface area (Å²) in [6.07, 6.45) is 1.86. The second-order valence-electron chi connectivity index (χ2n) is 6.26. The summed E-state index contributed by atoms with van der Waals surface area (Å²) < 4.78 is 7.04. The molecule has 1 atom stereocenters.